The molecule has 0 atom stereocenters. The number of benzene rings is 1. The summed E-state index contributed by atoms with van der Waals surface area (Å²) in [7, 11) is 1.66. The second-order valence-corrected chi connectivity index (χ2v) is 5.45. The number of aliphatic hydroxyl groups is 1. The maximum absolute atomic E-state index is 8.82. The Hall–Kier alpha value is -1.83. The van der Waals surface area contributed by atoms with E-state index < -0.39 is 0 Å². The van der Waals surface area contributed by atoms with Crippen LogP contribution in [0.2, 0.25) is 0 Å². The van der Waals surface area contributed by atoms with Crippen molar-refractivity contribution in [1.29, 1.82) is 0 Å². The normalized spacial score (nSPS) is 10.0. The van der Waals surface area contributed by atoms with Gasteiger partial charge in [0.2, 0.25) is 0 Å². The Morgan fingerprint density at radius 2 is 2.19 bits per heavy atom. The van der Waals surface area contributed by atoms with Crippen LogP contribution in [0.3, 0.4) is 0 Å². The van der Waals surface area contributed by atoms with Crippen LogP contribution >= 0.6 is 11.8 Å². The second-order valence-electron chi connectivity index (χ2n) is 4.43. The first-order valence-corrected chi connectivity index (χ1v) is 7.66. The number of aliphatic hydroxyl groups excluding tert-OH is 1. The molecule has 0 spiro atoms. The van der Waals surface area contributed by atoms with Gasteiger partial charge in [-0.25, -0.2) is 0 Å². The van der Waals surface area contributed by atoms with E-state index in [1.165, 1.54) is 0 Å². The van der Waals surface area contributed by atoms with Gasteiger partial charge in [-0.1, -0.05) is 11.8 Å². The quantitative estimate of drug-likeness (QED) is 0.676. The molecule has 110 valence electrons. The molecule has 0 aliphatic rings. The monoisotopic (exact) mass is 302 g/mol. The molecule has 1 heterocycles. The Kier molecular flexibility index (Phi) is 5.79. The number of hydrogen-bond donors (Lipinski definition) is 1. The minimum atomic E-state index is 0.0848. The average Bonchev–Trinajstić information content (AvgIpc) is 2.91. The molecule has 2 rings (SSSR count). The van der Waals surface area contributed by atoms with Gasteiger partial charge in [0.05, 0.1) is 20.0 Å². The third-order valence-corrected chi connectivity index (χ3v) is 4.16. The molecule has 2 aromatic rings. The van der Waals surface area contributed by atoms with Crippen molar-refractivity contribution in [1.82, 2.24) is 0 Å². The fourth-order valence-electron chi connectivity index (χ4n) is 1.83. The molecule has 4 heteroatoms. The van der Waals surface area contributed by atoms with Crippen molar-refractivity contribution in [3.8, 4) is 17.6 Å². The number of hydrogen-bond acceptors (Lipinski definition) is 4. The van der Waals surface area contributed by atoms with Crippen molar-refractivity contribution in [3.63, 3.8) is 0 Å². The van der Waals surface area contributed by atoms with Crippen LogP contribution < -0.4 is 4.74 Å². The number of ether oxygens (including phenoxy) is 1. The zero-order valence-corrected chi connectivity index (χ0v) is 13.0. The van der Waals surface area contributed by atoms with E-state index in [1.807, 2.05) is 31.2 Å². The summed E-state index contributed by atoms with van der Waals surface area (Å²) in [5.74, 6) is 8.61. The van der Waals surface area contributed by atoms with Gasteiger partial charge in [0.15, 0.2) is 0 Å². The molecule has 0 fully saturated rings. The molecular weight excluding hydrogens is 284 g/mol. The Morgan fingerprint density at radius 1 is 1.33 bits per heavy atom. The van der Waals surface area contributed by atoms with Gasteiger partial charge in [-0.2, -0.15) is 0 Å². The smallest absolute Gasteiger partial charge is 0.119 e. The minimum absolute atomic E-state index is 0.0848. The van der Waals surface area contributed by atoms with Crippen molar-refractivity contribution in [2.24, 2.45) is 0 Å². The summed E-state index contributed by atoms with van der Waals surface area (Å²) in [6.07, 6.45) is 2.19. The Bertz CT molecular complexity index is 650. The van der Waals surface area contributed by atoms with E-state index in [0.717, 1.165) is 33.3 Å². The molecule has 1 aromatic heterocycles. The molecule has 1 N–H and O–H groups in total. The fraction of sp³-hybridized carbons (Fsp3) is 0.294. The zero-order chi connectivity index (χ0) is 15.1. The van der Waals surface area contributed by atoms with Crippen molar-refractivity contribution < 1.29 is 14.3 Å². The van der Waals surface area contributed by atoms with Crippen LogP contribution in [0.25, 0.3) is 0 Å². The molecule has 0 aliphatic carbocycles. The number of rotatable bonds is 5. The predicted octanol–water partition coefficient (Wildman–Crippen LogP) is 3.62. The van der Waals surface area contributed by atoms with Gasteiger partial charge in [0.1, 0.15) is 11.5 Å². The van der Waals surface area contributed by atoms with E-state index in [0.29, 0.717) is 6.42 Å². The van der Waals surface area contributed by atoms with Gasteiger partial charge in [-0.15, -0.1) is 11.8 Å². The highest BCUT2D eigenvalue weighted by atomic mass is 32.2. The van der Waals surface area contributed by atoms with Crippen LogP contribution in [0.5, 0.6) is 5.75 Å². The Balaban J connectivity index is 2.19. The molecule has 0 aliphatic heterocycles. The molecule has 0 radical (unpaired) electrons. The van der Waals surface area contributed by atoms with E-state index in [2.05, 4.69) is 11.8 Å². The second kappa shape index (κ2) is 7.82. The highest BCUT2D eigenvalue weighted by Crippen LogP contribution is 2.29. The van der Waals surface area contributed by atoms with E-state index >= 15 is 0 Å². The molecule has 3 nitrogen and oxygen atoms in total. The van der Waals surface area contributed by atoms with Gasteiger partial charge in [-0.3, -0.25) is 0 Å². The Labute approximate surface area is 129 Å². The van der Waals surface area contributed by atoms with E-state index in [-0.39, 0.29) is 6.61 Å². The van der Waals surface area contributed by atoms with Crippen LogP contribution in [0.4, 0.5) is 0 Å². The first-order chi connectivity index (χ1) is 10.2. The minimum Gasteiger partial charge on any atom is -0.497 e. The van der Waals surface area contributed by atoms with Crippen molar-refractivity contribution >= 4 is 11.8 Å². The number of methoxy groups -OCH3 is 1. The van der Waals surface area contributed by atoms with E-state index in [4.69, 9.17) is 14.3 Å². The number of furan rings is 1. The lowest BCUT2D eigenvalue weighted by molar-refractivity contribution is 0.305. The number of thioether (sulfide) groups is 1. The van der Waals surface area contributed by atoms with Crippen molar-refractivity contribution in [2.75, 3.05) is 13.7 Å². The molecule has 0 bridgehead atoms. The zero-order valence-electron chi connectivity index (χ0n) is 12.2. The highest BCUT2D eigenvalue weighted by Gasteiger charge is 2.07. The third kappa shape index (κ3) is 4.32. The topological polar surface area (TPSA) is 42.6 Å². The maximum atomic E-state index is 8.82. The summed E-state index contributed by atoms with van der Waals surface area (Å²) < 4.78 is 10.6. The van der Waals surface area contributed by atoms with Crippen molar-refractivity contribution in [2.45, 2.75) is 24.0 Å². The highest BCUT2D eigenvalue weighted by molar-refractivity contribution is 7.98. The largest absolute Gasteiger partial charge is 0.497 e. The number of aryl methyl sites for hydroxylation is 1. The van der Waals surface area contributed by atoms with Crippen LogP contribution in [0.15, 0.2) is 39.8 Å². The molecule has 21 heavy (non-hydrogen) atoms. The molecule has 0 saturated heterocycles. The molecule has 0 saturated carbocycles. The van der Waals surface area contributed by atoms with Gasteiger partial charge in [0, 0.05) is 22.6 Å². The van der Waals surface area contributed by atoms with Crippen LogP contribution in [0, 0.1) is 18.8 Å². The SMILES string of the molecule is COc1ccc(C#CCCO)c(CSc2ccoc2C)c1. The summed E-state index contributed by atoms with van der Waals surface area (Å²) >= 11 is 1.71. The van der Waals surface area contributed by atoms with Crippen molar-refractivity contribution in [3.05, 3.63) is 47.4 Å². The van der Waals surface area contributed by atoms with Crippen LogP contribution in [-0.2, 0) is 5.75 Å². The molecular formula is C17H18O3S. The first-order valence-electron chi connectivity index (χ1n) is 6.68. The lowest BCUT2D eigenvalue weighted by atomic mass is 10.1. The fourth-order valence-corrected chi connectivity index (χ4v) is 2.78. The summed E-state index contributed by atoms with van der Waals surface area (Å²) in [6, 6.07) is 7.84. The van der Waals surface area contributed by atoms with Crippen LogP contribution in [0.1, 0.15) is 23.3 Å². The maximum Gasteiger partial charge on any atom is 0.119 e. The lowest BCUT2D eigenvalue weighted by Gasteiger charge is -2.07. The summed E-state index contributed by atoms with van der Waals surface area (Å²) in [5, 5.41) is 8.82. The third-order valence-electron chi connectivity index (χ3n) is 2.97. The standard InChI is InChI=1S/C17H18O3S/c1-13-17(8-10-20-13)21-12-15-11-16(19-2)7-6-14(15)5-3-4-9-18/h6-8,10-11,18H,4,9,12H2,1-2H3. The van der Waals surface area contributed by atoms with Gasteiger partial charge in [-0.05, 0) is 36.8 Å². The predicted molar refractivity (Wildman–Crippen MR) is 84.6 cm³/mol. The van der Waals surface area contributed by atoms with E-state index in [9.17, 15) is 0 Å². The van der Waals surface area contributed by atoms with E-state index in [1.54, 1.807) is 25.1 Å². The first kappa shape index (κ1) is 15.6. The summed E-state index contributed by atoms with van der Waals surface area (Å²) in [6.45, 7) is 2.04. The molecule has 0 unspecified atom stereocenters. The van der Waals surface area contributed by atoms with Gasteiger partial charge >= 0.3 is 0 Å². The van der Waals surface area contributed by atoms with Crippen LogP contribution in [-0.4, -0.2) is 18.8 Å². The summed E-state index contributed by atoms with van der Waals surface area (Å²) in [4.78, 5) is 1.13. The Morgan fingerprint density at radius 3 is 2.86 bits per heavy atom. The molecule has 0 amide bonds. The summed E-state index contributed by atoms with van der Waals surface area (Å²) in [5.41, 5.74) is 2.09. The van der Waals surface area contributed by atoms with Gasteiger partial charge < -0.3 is 14.3 Å². The average molecular weight is 302 g/mol. The lowest BCUT2D eigenvalue weighted by Crippen LogP contribution is -1.91. The van der Waals surface area contributed by atoms with Gasteiger partial charge in [0.25, 0.3) is 0 Å². The molecule has 1 aromatic carbocycles.